The first-order chi connectivity index (χ1) is 6.22. The minimum Gasteiger partial charge on any atom is -0.375 e. The third kappa shape index (κ3) is 3.40. The van der Waals surface area contributed by atoms with E-state index in [0.29, 0.717) is 11.0 Å². The van der Waals surface area contributed by atoms with Crippen LogP contribution in [0.5, 0.6) is 0 Å². The van der Waals surface area contributed by atoms with Crippen molar-refractivity contribution in [2.24, 2.45) is 0 Å². The minimum absolute atomic E-state index is 0.00813. The van der Waals surface area contributed by atoms with Gasteiger partial charge in [0.15, 0.2) is 0 Å². The van der Waals surface area contributed by atoms with Crippen LogP contribution in [0.25, 0.3) is 0 Å². The largest absolute Gasteiger partial charge is 0.375 e. The first-order valence-electron chi connectivity index (χ1n) is 3.63. The third-order valence-corrected chi connectivity index (χ3v) is 1.47. The molecule has 70 valence electrons. The maximum atomic E-state index is 11.0. The number of nitrogens with one attached hydrogen (secondary N) is 1. The van der Waals surface area contributed by atoms with Gasteiger partial charge in [0, 0.05) is 7.11 Å². The molecule has 0 saturated heterocycles. The Bertz CT molecular complexity index is 304. The topological polar surface area (TPSA) is 51.2 Å². The van der Waals surface area contributed by atoms with Crippen molar-refractivity contribution < 1.29 is 9.53 Å². The summed E-state index contributed by atoms with van der Waals surface area (Å²) in [4.78, 5) is 14.9. The second-order valence-electron chi connectivity index (χ2n) is 2.33. The van der Waals surface area contributed by atoms with Crippen molar-refractivity contribution in [1.82, 2.24) is 4.98 Å². The fourth-order valence-corrected chi connectivity index (χ4v) is 0.952. The number of rotatable bonds is 3. The van der Waals surface area contributed by atoms with Gasteiger partial charge >= 0.3 is 0 Å². The molecule has 1 rings (SSSR count). The Hall–Kier alpha value is -1.13. The summed E-state index contributed by atoms with van der Waals surface area (Å²) in [5.41, 5.74) is 0. The van der Waals surface area contributed by atoms with E-state index >= 15 is 0 Å². The lowest BCUT2D eigenvalue weighted by Gasteiger charge is -2.02. The van der Waals surface area contributed by atoms with Crippen molar-refractivity contribution in [3.63, 3.8) is 0 Å². The summed E-state index contributed by atoms with van der Waals surface area (Å²) < 4.78 is 4.63. The number of ether oxygens (including phenoxy) is 1. The number of carbonyl (C=O) groups is 1. The molecule has 1 aromatic rings. The van der Waals surface area contributed by atoms with E-state index in [1.807, 2.05) is 0 Å². The van der Waals surface area contributed by atoms with Crippen LogP contribution >= 0.6 is 11.6 Å². The third-order valence-electron chi connectivity index (χ3n) is 1.26. The van der Waals surface area contributed by atoms with E-state index in [1.54, 1.807) is 18.2 Å². The zero-order valence-electron chi connectivity index (χ0n) is 7.08. The van der Waals surface area contributed by atoms with Crippen molar-refractivity contribution in [2.45, 2.75) is 0 Å². The Morgan fingerprint density at radius 1 is 1.69 bits per heavy atom. The SMILES string of the molecule is COCC(=O)Nc1cccc(Cl)n1. The fraction of sp³-hybridized carbons (Fsp3) is 0.250. The average molecular weight is 201 g/mol. The molecule has 0 atom stereocenters. The Balaban J connectivity index is 2.58. The number of aromatic nitrogens is 1. The van der Waals surface area contributed by atoms with Crippen LogP contribution in [0.1, 0.15) is 0 Å². The standard InChI is InChI=1S/C8H9ClN2O2/c1-13-5-8(12)11-7-4-2-3-6(9)10-7/h2-4H,5H2,1H3,(H,10,11,12). The Labute approximate surface area is 80.9 Å². The van der Waals surface area contributed by atoms with Crippen molar-refractivity contribution in [3.8, 4) is 0 Å². The number of halogens is 1. The molecule has 0 aliphatic heterocycles. The first-order valence-corrected chi connectivity index (χ1v) is 4.01. The highest BCUT2D eigenvalue weighted by molar-refractivity contribution is 6.29. The van der Waals surface area contributed by atoms with Gasteiger partial charge in [-0.2, -0.15) is 0 Å². The van der Waals surface area contributed by atoms with E-state index < -0.39 is 0 Å². The van der Waals surface area contributed by atoms with Gasteiger partial charge in [-0.1, -0.05) is 17.7 Å². The quantitative estimate of drug-likeness (QED) is 0.749. The van der Waals surface area contributed by atoms with E-state index in [0.717, 1.165) is 0 Å². The average Bonchev–Trinajstić information content (AvgIpc) is 2.04. The molecule has 0 aliphatic carbocycles. The van der Waals surface area contributed by atoms with Gasteiger partial charge in [-0.05, 0) is 12.1 Å². The number of carbonyl (C=O) groups excluding carboxylic acids is 1. The lowest BCUT2D eigenvalue weighted by molar-refractivity contribution is -0.119. The lowest BCUT2D eigenvalue weighted by atomic mass is 10.4. The van der Waals surface area contributed by atoms with Crippen molar-refractivity contribution >= 4 is 23.3 Å². The molecule has 13 heavy (non-hydrogen) atoms. The predicted molar refractivity (Wildman–Crippen MR) is 49.8 cm³/mol. The summed E-state index contributed by atoms with van der Waals surface area (Å²) in [7, 11) is 1.45. The van der Waals surface area contributed by atoms with E-state index in [1.165, 1.54) is 7.11 Å². The molecule has 1 amide bonds. The smallest absolute Gasteiger partial charge is 0.251 e. The van der Waals surface area contributed by atoms with Crippen LogP contribution in [0.3, 0.4) is 0 Å². The van der Waals surface area contributed by atoms with Crippen LogP contribution in [0.4, 0.5) is 5.82 Å². The second-order valence-corrected chi connectivity index (χ2v) is 2.71. The minimum atomic E-state index is -0.253. The maximum Gasteiger partial charge on any atom is 0.251 e. The van der Waals surface area contributed by atoms with Gasteiger partial charge in [0.25, 0.3) is 5.91 Å². The first kappa shape index (κ1) is 9.95. The summed E-state index contributed by atoms with van der Waals surface area (Å²) in [5, 5.41) is 2.87. The summed E-state index contributed by atoms with van der Waals surface area (Å²) in [5.74, 6) is 0.173. The summed E-state index contributed by atoms with van der Waals surface area (Å²) in [6, 6.07) is 4.99. The Morgan fingerprint density at radius 3 is 3.08 bits per heavy atom. The van der Waals surface area contributed by atoms with Gasteiger partial charge in [0.1, 0.15) is 17.6 Å². The highest BCUT2D eigenvalue weighted by Crippen LogP contribution is 2.08. The molecule has 0 aromatic carbocycles. The van der Waals surface area contributed by atoms with E-state index in [9.17, 15) is 4.79 Å². The number of methoxy groups -OCH3 is 1. The highest BCUT2D eigenvalue weighted by Gasteiger charge is 2.01. The number of hydrogen-bond acceptors (Lipinski definition) is 3. The van der Waals surface area contributed by atoms with Crippen LogP contribution in [0.2, 0.25) is 5.15 Å². The van der Waals surface area contributed by atoms with Crippen LogP contribution in [-0.2, 0) is 9.53 Å². The zero-order valence-corrected chi connectivity index (χ0v) is 7.84. The van der Waals surface area contributed by atoms with Crippen LogP contribution in [0, 0.1) is 0 Å². The second kappa shape index (κ2) is 4.79. The molecule has 0 aliphatic rings. The summed E-state index contributed by atoms with van der Waals surface area (Å²) in [6.07, 6.45) is 0. The molecule has 0 bridgehead atoms. The number of amides is 1. The van der Waals surface area contributed by atoms with Crippen molar-refractivity contribution in [1.29, 1.82) is 0 Å². The van der Waals surface area contributed by atoms with E-state index in [4.69, 9.17) is 11.6 Å². The molecule has 0 radical (unpaired) electrons. The molecule has 1 aromatic heterocycles. The lowest BCUT2D eigenvalue weighted by Crippen LogP contribution is -2.17. The maximum absolute atomic E-state index is 11.0. The molecule has 4 nitrogen and oxygen atoms in total. The van der Waals surface area contributed by atoms with Gasteiger partial charge < -0.3 is 10.1 Å². The molecular weight excluding hydrogens is 192 g/mol. The highest BCUT2D eigenvalue weighted by atomic mass is 35.5. The monoisotopic (exact) mass is 200 g/mol. The Kier molecular flexibility index (Phi) is 3.67. The normalized spacial score (nSPS) is 9.69. The molecule has 0 saturated carbocycles. The number of pyridine rings is 1. The van der Waals surface area contributed by atoms with E-state index in [2.05, 4.69) is 15.0 Å². The molecule has 5 heteroatoms. The van der Waals surface area contributed by atoms with Crippen LogP contribution in [0.15, 0.2) is 18.2 Å². The molecule has 1 heterocycles. The number of anilines is 1. The fourth-order valence-electron chi connectivity index (χ4n) is 0.788. The van der Waals surface area contributed by atoms with Gasteiger partial charge in [-0.3, -0.25) is 4.79 Å². The van der Waals surface area contributed by atoms with Crippen LogP contribution < -0.4 is 5.32 Å². The van der Waals surface area contributed by atoms with E-state index in [-0.39, 0.29) is 12.5 Å². The molecule has 0 spiro atoms. The molecule has 1 N–H and O–H groups in total. The zero-order chi connectivity index (χ0) is 9.68. The van der Waals surface area contributed by atoms with Crippen LogP contribution in [-0.4, -0.2) is 24.6 Å². The summed E-state index contributed by atoms with van der Waals surface area (Å²) in [6.45, 7) is 0.00813. The molecular formula is C8H9ClN2O2. The predicted octanol–water partition coefficient (Wildman–Crippen LogP) is 1.32. The van der Waals surface area contributed by atoms with Gasteiger partial charge in [-0.15, -0.1) is 0 Å². The van der Waals surface area contributed by atoms with Gasteiger partial charge in [0.05, 0.1) is 0 Å². The van der Waals surface area contributed by atoms with Gasteiger partial charge in [0.2, 0.25) is 0 Å². The van der Waals surface area contributed by atoms with Gasteiger partial charge in [-0.25, -0.2) is 4.98 Å². The molecule has 0 fully saturated rings. The van der Waals surface area contributed by atoms with Crippen molar-refractivity contribution in [3.05, 3.63) is 23.4 Å². The Morgan fingerprint density at radius 2 is 2.46 bits per heavy atom. The van der Waals surface area contributed by atoms with Crippen molar-refractivity contribution in [2.75, 3.05) is 19.0 Å². The molecule has 0 unspecified atom stereocenters. The number of hydrogen-bond donors (Lipinski definition) is 1. The number of nitrogens with zero attached hydrogens (tertiary/aromatic N) is 1. The summed E-state index contributed by atoms with van der Waals surface area (Å²) >= 11 is 5.61.